The van der Waals surface area contributed by atoms with Crippen molar-refractivity contribution in [3.63, 3.8) is 0 Å². The van der Waals surface area contributed by atoms with Crippen molar-refractivity contribution in [1.29, 1.82) is 0 Å². The summed E-state index contributed by atoms with van der Waals surface area (Å²) in [6, 6.07) is -2.68. The minimum Gasteiger partial charge on any atom is -0.462 e. The maximum Gasteiger partial charge on any atom is 0.411 e. The van der Waals surface area contributed by atoms with Crippen LogP contribution in [0.4, 0.5) is 15.4 Å². The number of aromatic nitrogens is 3. The number of carbonyl (C=O) groups excluding carboxylic acids is 3. The minimum absolute atomic E-state index is 0.0393. The normalized spacial score (nSPS) is 23.1. The van der Waals surface area contributed by atoms with Crippen molar-refractivity contribution in [2.45, 2.75) is 123 Å². The van der Waals surface area contributed by atoms with Gasteiger partial charge in [-0.25, -0.2) is 24.4 Å². The van der Waals surface area contributed by atoms with E-state index in [0.717, 1.165) is 0 Å². The van der Waals surface area contributed by atoms with E-state index in [9.17, 15) is 14.4 Å². The number of hydrogen-bond acceptors (Lipinski definition) is 11. The van der Waals surface area contributed by atoms with E-state index in [1.165, 1.54) is 11.2 Å². The molecule has 5 atom stereocenters. The van der Waals surface area contributed by atoms with E-state index in [4.69, 9.17) is 29.2 Å². The lowest BCUT2D eigenvalue weighted by Crippen LogP contribution is -2.49. The Hall–Kier alpha value is -4.14. The van der Waals surface area contributed by atoms with Gasteiger partial charge >= 0.3 is 18.2 Å². The fourth-order valence-corrected chi connectivity index (χ4v) is 5.64. The third-order valence-electron chi connectivity index (χ3n) is 7.13. The Kier molecular flexibility index (Phi) is 9.76. The van der Waals surface area contributed by atoms with E-state index >= 15 is 0 Å². The summed E-state index contributed by atoms with van der Waals surface area (Å²) < 4.78 is 29.7. The molecule has 16 nitrogen and oxygen atoms in total. The van der Waals surface area contributed by atoms with Gasteiger partial charge in [0.15, 0.2) is 11.6 Å². The number of rotatable bonds is 8. The molecule has 2 aromatic heterocycles. The number of esters is 1. The second-order valence-electron chi connectivity index (χ2n) is 14.3. The molecule has 2 saturated heterocycles. The largest absolute Gasteiger partial charge is 0.462 e. The summed E-state index contributed by atoms with van der Waals surface area (Å²) in [6.07, 6.45) is 0.282. The van der Waals surface area contributed by atoms with Crippen LogP contribution in [0.1, 0.15) is 87.3 Å². The third-order valence-corrected chi connectivity index (χ3v) is 7.13. The van der Waals surface area contributed by atoms with Crippen molar-refractivity contribution in [2.24, 2.45) is 11.0 Å². The average molecular weight is 645 g/mol. The molecule has 0 unspecified atom stereocenters. The summed E-state index contributed by atoms with van der Waals surface area (Å²) in [7, 11) is 0. The number of ether oxygens (including phenoxy) is 5. The van der Waals surface area contributed by atoms with Crippen molar-refractivity contribution in [2.75, 3.05) is 6.61 Å². The summed E-state index contributed by atoms with van der Waals surface area (Å²) in [5.74, 6) is -1.61. The van der Waals surface area contributed by atoms with Gasteiger partial charge in [-0.2, -0.15) is 0 Å². The van der Waals surface area contributed by atoms with Crippen molar-refractivity contribution >= 4 is 35.0 Å². The number of aromatic amines is 1. The van der Waals surface area contributed by atoms with Crippen LogP contribution in [0.25, 0.3) is 21.5 Å². The number of alkyl carbamates (subject to hydrolysis) is 1. The molecule has 2 aliphatic rings. The number of fused-ring (bicyclic) bond motifs is 2. The average Bonchev–Trinajstić information content (AvgIpc) is 3.54. The van der Waals surface area contributed by atoms with Crippen molar-refractivity contribution in [1.82, 2.24) is 25.2 Å². The monoisotopic (exact) mass is 644 g/mol. The number of hydrogen-bond donors (Lipinski definition) is 2. The van der Waals surface area contributed by atoms with Gasteiger partial charge in [-0.05, 0) is 78.4 Å². The van der Waals surface area contributed by atoms with E-state index in [2.05, 4.69) is 30.3 Å². The van der Waals surface area contributed by atoms with Crippen LogP contribution in [-0.4, -0.2) is 85.9 Å². The molecule has 46 heavy (non-hydrogen) atoms. The van der Waals surface area contributed by atoms with Crippen LogP contribution < -0.4 is 5.32 Å². The zero-order valence-corrected chi connectivity index (χ0v) is 28.0. The first-order chi connectivity index (χ1) is 21.3. The fourth-order valence-electron chi connectivity index (χ4n) is 5.64. The van der Waals surface area contributed by atoms with E-state index in [1.807, 2.05) is 13.8 Å². The van der Waals surface area contributed by atoms with Gasteiger partial charge in [0.05, 0.1) is 23.1 Å². The maximum absolute atomic E-state index is 13.9. The molecular weight excluding hydrogens is 600 g/mol. The maximum atomic E-state index is 13.9. The summed E-state index contributed by atoms with van der Waals surface area (Å²) in [5, 5.41) is 6.27. The minimum atomic E-state index is -1.04. The van der Waals surface area contributed by atoms with Crippen molar-refractivity contribution in [3.8, 4) is 0 Å². The zero-order valence-electron chi connectivity index (χ0n) is 28.0. The van der Waals surface area contributed by atoms with Crippen molar-refractivity contribution in [3.05, 3.63) is 28.5 Å². The summed E-state index contributed by atoms with van der Waals surface area (Å²) in [6.45, 7) is 17.4. The Morgan fingerprint density at radius 1 is 1.11 bits per heavy atom. The van der Waals surface area contributed by atoms with Gasteiger partial charge in [-0.1, -0.05) is 13.8 Å². The van der Waals surface area contributed by atoms with Crippen LogP contribution in [0.15, 0.2) is 17.6 Å². The second-order valence-corrected chi connectivity index (χ2v) is 14.3. The lowest BCUT2D eigenvalue weighted by molar-refractivity contribution is -0.172. The summed E-state index contributed by atoms with van der Waals surface area (Å²) >= 11 is 0. The number of nitrogens with zero attached hydrogens (tertiary/aromatic N) is 6. The molecule has 0 aliphatic carbocycles. The number of azide groups is 1. The molecule has 0 aromatic carbocycles. The summed E-state index contributed by atoms with van der Waals surface area (Å²) in [4.78, 5) is 55.8. The molecule has 252 valence electrons. The molecule has 0 saturated carbocycles. The fraction of sp³-hybridized carbons (Fsp3) is 0.700. The molecule has 2 aliphatic heterocycles. The number of nitrogens with one attached hydrogen (secondary N) is 2. The molecule has 2 N–H and O–H groups in total. The number of likely N-dealkylation sites (tertiary alicyclic amines) is 1. The molecule has 4 rings (SSSR count). The van der Waals surface area contributed by atoms with Gasteiger partial charge in [0.2, 0.25) is 0 Å². The lowest BCUT2D eigenvalue weighted by atomic mass is 10.0. The van der Waals surface area contributed by atoms with Crippen molar-refractivity contribution < 1.29 is 38.1 Å². The molecule has 2 amide bonds. The van der Waals surface area contributed by atoms with Gasteiger partial charge in [-0.15, -0.1) is 0 Å². The first-order valence-electron chi connectivity index (χ1n) is 15.2. The third kappa shape index (κ3) is 7.98. The van der Waals surface area contributed by atoms with Gasteiger partial charge in [0, 0.05) is 16.7 Å². The van der Waals surface area contributed by atoms with Crippen LogP contribution in [0.2, 0.25) is 0 Å². The van der Waals surface area contributed by atoms with Crippen LogP contribution in [0.5, 0.6) is 0 Å². The van der Waals surface area contributed by atoms with Crippen LogP contribution in [0, 0.1) is 5.92 Å². The highest BCUT2D eigenvalue weighted by Crippen LogP contribution is 2.49. The van der Waals surface area contributed by atoms with E-state index in [0.29, 0.717) is 23.0 Å². The lowest BCUT2D eigenvalue weighted by Gasteiger charge is -2.35. The van der Waals surface area contributed by atoms with E-state index in [-0.39, 0.29) is 18.3 Å². The SMILES string of the molecule is CC(C)C[C@H](NC(=O)OC(C)(C)C)C(=O)OC[C@@H]1[C@H]2OC(C)(C)O[C@H]2[C@H](c2c[nH]c3c(N=[N+]=[N-])ncnc23)N1C(=O)OC(C)(C)C. The second kappa shape index (κ2) is 12.9. The molecule has 0 bridgehead atoms. The van der Waals surface area contributed by atoms with Crippen LogP contribution >= 0.6 is 0 Å². The highest BCUT2D eigenvalue weighted by Gasteiger charge is 2.61. The molecule has 16 heteroatoms. The Balaban J connectivity index is 1.71. The molecule has 2 fully saturated rings. The molecule has 4 heterocycles. The Morgan fingerprint density at radius 2 is 1.76 bits per heavy atom. The quantitative estimate of drug-likeness (QED) is 0.120. The predicted octanol–water partition coefficient (Wildman–Crippen LogP) is 5.56. The van der Waals surface area contributed by atoms with Crippen LogP contribution in [-0.2, 0) is 28.5 Å². The van der Waals surface area contributed by atoms with Gasteiger partial charge in [0.1, 0.15) is 42.4 Å². The first-order valence-corrected chi connectivity index (χ1v) is 15.2. The number of H-pyrrole nitrogens is 1. The van der Waals surface area contributed by atoms with Crippen LogP contribution in [0.3, 0.4) is 0 Å². The van der Waals surface area contributed by atoms with E-state index in [1.54, 1.807) is 61.6 Å². The van der Waals surface area contributed by atoms with Gasteiger partial charge in [-0.3, -0.25) is 4.90 Å². The van der Waals surface area contributed by atoms with Gasteiger partial charge < -0.3 is 34.0 Å². The first kappa shape index (κ1) is 34.7. The standard InChI is InChI=1S/C30H44N8O8/c1-15(2)11-17(35-26(40)45-28(3,4)5)25(39)42-13-18-22-23(44-30(9,10)43-22)21(38(18)27(41)46-29(6,7)8)16-12-32-20-19(16)33-14-34-24(20)36-37-31/h12,14-15,17-18,21-23,32H,11,13H2,1-10H3,(H,35,40)/t17-,18+,21-,22+,23-/m0/s1. The topological polar surface area (TPSA) is 203 Å². The Morgan fingerprint density at radius 3 is 2.37 bits per heavy atom. The predicted molar refractivity (Wildman–Crippen MR) is 165 cm³/mol. The Labute approximate surface area is 267 Å². The number of amides is 2. The highest BCUT2D eigenvalue weighted by molar-refractivity contribution is 5.88. The molecule has 0 spiro atoms. The molecular formula is C30H44N8O8. The summed E-state index contributed by atoms with van der Waals surface area (Å²) in [5.41, 5.74) is 8.71. The Bertz CT molecular complexity index is 1500. The highest BCUT2D eigenvalue weighted by atomic mass is 16.8. The van der Waals surface area contributed by atoms with E-state index < -0.39 is 65.5 Å². The smallest absolute Gasteiger partial charge is 0.411 e. The molecule has 2 aromatic rings. The molecule has 0 radical (unpaired) electrons. The number of carbonyl (C=O) groups is 3. The zero-order chi connectivity index (χ0) is 34.2. The van der Waals surface area contributed by atoms with Gasteiger partial charge in [0.25, 0.3) is 0 Å².